The smallest absolute Gasteiger partial charge is 0.343 e. The van der Waals surface area contributed by atoms with E-state index in [9.17, 15) is 40.3 Å². The van der Waals surface area contributed by atoms with Gasteiger partial charge in [0.2, 0.25) is 5.91 Å². The van der Waals surface area contributed by atoms with Crippen molar-refractivity contribution < 1.29 is 40.3 Å². The molecule has 2 aromatic rings. The molecule has 2 rings (SSSR count). The first-order chi connectivity index (χ1) is 16.9. The number of halogens is 11. The van der Waals surface area contributed by atoms with Gasteiger partial charge in [-0.1, -0.05) is 52.5 Å². The summed E-state index contributed by atoms with van der Waals surface area (Å²) in [5, 5.41) is 0.962. The van der Waals surface area contributed by atoms with E-state index in [2.05, 4.69) is 5.32 Å². The second-order valence-corrected chi connectivity index (χ2v) is 9.17. The van der Waals surface area contributed by atoms with E-state index in [0.29, 0.717) is 4.90 Å². The summed E-state index contributed by atoms with van der Waals surface area (Å²) in [5.41, 5.74) is -1.19. The van der Waals surface area contributed by atoms with Gasteiger partial charge in [-0.15, -0.1) is 0 Å². The molecule has 37 heavy (non-hydrogen) atoms. The Labute approximate surface area is 225 Å². The highest BCUT2D eigenvalue weighted by atomic mass is 35.5. The van der Waals surface area contributed by atoms with Crippen LogP contribution in [0.5, 0.6) is 0 Å². The van der Waals surface area contributed by atoms with Crippen LogP contribution in [0.25, 0.3) is 5.83 Å². The monoisotopic (exact) mass is 612 g/mol. The van der Waals surface area contributed by atoms with Crippen LogP contribution in [0, 0.1) is 0 Å². The van der Waals surface area contributed by atoms with Crippen LogP contribution in [0.15, 0.2) is 36.4 Å². The molecule has 2 aromatic carbocycles. The van der Waals surface area contributed by atoms with Gasteiger partial charge in [-0.05, 0) is 35.9 Å². The summed E-state index contributed by atoms with van der Waals surface area (Å²) < 4.78 is 93.0. The molecule has 202 valence electrons. The first-order valence-corrected chi connectivity index (χ1v) is 11.4. The molecule has 0 saturated carbocycles. The minimum Gasteiger partial charge on any atom is -0.343 e. The molecule has 0 aromatic heterocycles. The minimum atomic E-state index is -4.95. The van der Waals surface area contributed by atoms with Gasteiger partial charge in [-0.25, -0.2) is 4.39 Å². The predicted molar refractivity (Wildman–Crippen MR) is 127 cm³/mol. The van der Waals surface area contributed by atoms with Crippen molar-refractivity contribution in [3.05, 3.63) is 73.2 Å². The van der Waals surface area contributed by atoms with Gasteiger partial charge in [0, 0.05) is 12.6 Å². The Morgan fingerprint density at radius 3 is 2.03 bits per heavy atom. The van der Waals surface area contributed by atoms with E-state index in [1.807, 2.05) is 0 Å². The largest absolute Gasteiger partial charge is 0.406 e. The lowest BCUT2D eigenvalue weighted by Gasteiger charge is -2.19. The zero-order valence-electron chi connectivity index (χ0n) is 18.4. The maximum absolute atomic E-state index is 14.8. The third-order valence-electron chi connectivity index (χ3n) is 4.76. The van der Waals surface area contributed by atoms with Crippen molar-refractivity contribution in [2.75, 3.05) is 20.1 Å². The molecule has 0 heterocycles. The van der Waals surface area contributed by atoms with E-state index in [-0.39, 0.29) is 26.7 Å². The number of carbonyl (C=O) groups is 2. The maximum Gasteiger partial charge on any atom is 0.406 e. The van der Waals surface area contributed by atoms with Gasteiger partial charge in [0.1, 0.15) is 18.3 Å². The average Bonchev–Trinajstić information content (AvgIpc) is 2.76. The van der Waals surface area contributed by atoms with Crippen LogP contribution in [-0.4, -0.2) is 49.2 Å². The van der Waals surface area contributed by atoms with Gasteiger partial charge >= 0.3 is 12.4 Å². The summed E-state index contributed by atoms with van der Waals surface area (Å²) in [5.74, 6) is -5.84. The van der Waals surface area contributed by atoms with Crippen LogP contribution in [-0.2, 0) is 4.79 Å². The summed E-state index contributed by atoms with van der Waals surface area (Å²) in [4.78, 5) is 24.4. The first kappa shape index (κ1) is 31.0. The summed E-state index contributed by atoms with van der Waals surface area (Å²) in [6.45, 7) is -2.33. The van der Waals surface area contributed by atoms with Crippen LogP contribution in [0.2, 0.25) is 20.1 Å². The van der Waals surface area contributed by atoms with Crippen LogP contribution >= 0.6 is 46.4 Å². The van der Waals surface area contributed by atoms with Gasteiger partial charge in [-0.2, -0.15) is 26.3 Å². The Kier molecular flexibility index (Phi) is 10.1. The molecule has 0 fully saturated rings. The Morgan fingerprint density at radius 2 is 1.54 bits per heavy atom. The fourth-order valence-electron chi connectivity index (χ4n) is 2.97. The maximum atomic E-state index is 14.8. The standard InChI is InChI=1S/C22H15Cl4F7N2O2/c1-35(9-21(28,29)30)18(36)8-34-20(37)12-3-2-10(4-14(12)23)17(27)7-13(22(31,32)33)11-5-15(24)19(26)16(25)6-11/h2-7,13H,8-9H2,1H3,(H,34,37)/b17-7-. The number of hydrogen-bond acceptors (Lipinski definition) is 2. The Balaban J connectivity index is 2.24. The third-order valence-corrected chi connectivity index (χ3v) is 6.27. The second-order valence-electron chi connectivity index (χ2n) is 7.57. The molecule has 0 saturated heterocycles. The summed E-state index contributed by atoms with van der Waals surface area (Å²) in [6, 6.07) is 4.59. The van der Waals surface area contributed by atoms with Gasteiger partial charge in [-0.3, -0.25) is 9.59 Å². The highest BCUT2D eigenvalue weighted by molar-refractivity contribution is 6.48. The molecule has 1 unspecified atom stereocenters. The Morgan fingerprint density at radius 1 is 0.973 bits per heavy atom. The quantitative estimate of drug-likeness (QED) is 0.257. The molecule has 1 atom stereocenters. The number of nitrogens with zero attached hydrogens (tertiary/aromatic N) is 1. The molecule has 0 bridgehead atoms. The van der Waals surface area contributed by atoms with Crippen LogP contribution in [0.1, 0.15) is 27.4 Å². The first-order valence-electron chi connectivity index (χ1n) is 9.88. The molecule has 0 aliphatic carbocycles. The lowest BCUT2D eigenvalue weighted by atomic mass is 9.96. The van der Waals surface area contributed by atoms with Crippen molar-refractivity contribution in [3.63, 3.8) is 0 Å². The molecule has 0 aliphatic heterocycles. The van der Waals surface area contributed by atoms with E-state index in [1.54, 1.807) is 0 Å². The number of rotatable bonds is 7. The molecule has 0 aliphatic rings. The van der Waals surface area contributed by atoms with Crippen molar-refractivity contribution >= 4 is 64.0 Å². The van der Waals surface area contributed by atoms with Gasteiger partial charge in [0.25, 0.3) is 5.91 Å². The summed E-state index contributed by atoms with van der Waals surface area (Å²) in [6.07, 6.45) is -9.33. The minimum absolute atomic E-state index is 0.174. The second kappa shape index (κ2) is 12.1. The van der Waals surface area contributed by atoms with Crippen molar-refractivity contribution in [3.8, 4) is 0 Å². The molecule has 4 nitrogen and oxygen atoms in total. The van der Waals surface area contributed by atoms with Crippen LogP contribution < -0.4 is 5.32 Å². The predicted octanol–water partition coefficient (Wildman–Crippen LogP) is 7.71. The number of alkyl halides is 6. The molecule has 1 N–H and O–H groups in total. The highest BCUT2D eigenvalue weighted by Gasteiger charge is 2.40. The fraction of sp³-hybridized carbons (Fsp3) is 0.273. The third kappa shape index (κ3) is 8.66. The SMILES string of the molecule is CN(CC(F)(F)F)C(=O)CNC(=O)c1ccc(/C(F)=C/C(c2cc(Cl)c(Cl)c(Cl)c2)C(F)(F)F)cc1Cl. The van der Waals surface area contributed by atoms with Crippen LogP contribution in [0.4, 0.5) is 30.7 Å². The van der Waals surface area contributed by atoms with Gasteiger partial charge in [0.05, 0.1) is 32.2 Å². The zero-order valence-corrected chi connectivity index (χ0v) is 21.4. The lowest BCUT2D eigenvalue weighted by Crippen LogP contribution is -2.42. The van der Waals surface area contributed by atoms with Crippen molar-refractivity contribution in [2.24, 2.45) is 0 Å². The number of likely N-dealkylation sites (N-methyl/N-ethyl adjacent to an activating group) is 1. The van der Waals surface area contributed by atoms with E-state index in [4.69, 9.17) is 46.4 Å². The summed E-state index contributed by atoms with van der Waals surface area (Å²) in [7, 11) is 0.888. The van der Waals surface area contributed by atoms with Crippen LogP contribution in [0.3, 0.4) is 0 Å². The van der Waals surface area contributed by atoms with Crippen molar-refractivity contribution in [1.29, 1.82) is 0 Å². The van der Waals surface area contributed by atoms with E-state index < -0.39 is 65.2 Å². The number of benzene rings is 2. The Hall–Kier alpha value is -2.21. The highest BCUT2D eigenvalue weighted by Crippen LogP contribution is 2.42. The Bertz CT molecular complexity index is 1190. The zero-order chi connectivity index (χ0) is 28.3. The number of nitrogens with one attached hydrogen (secondary N) is 1. The average molecular weight is 614 g/mol. The van der Waals surface area contributed by atoms with Gasteiger partial charge in [0.15, 0.2) is 0 Å². The number of amides is 2. The van der Waals surface area contributed by atoms with E-state index in [1.165, 1.54) is 0 Å². The molecule has 0 radical (unpaired) electrons. The topological polar surface area (TPSA) is 49.4 Å². The molecular formula is C22H15Cl4F7N2O2. The number of allylic oxidation sites excluding steroid dienone is 1. The van der Waals surface area contributed by atoms with E-state index >= 15 is 0 Å². The van der Waals surface area contributed by atoms with E-state index in [0.717, 1.165) is 37.4 Å². The molecular weight excluding hydrogens is 599 g/mol. The molecule has 0 spiro atoms. The van der Waals surface area contributed by atoms with Crippen molar-refractivity contribution in [2.45, 2.75) is 18.3 Å². The van der Waals surface area contributed by atoms with Gasteiger partial charge < -0.3 is 10.2 Å². The molecule has 15 heteroatoms. The number of hydrogen-bond donors (Lipinski definition) is 1. The molecule has 2 amide bonds. The normalized spacial score (nSPS) is 13.4. The van der Waals surface area contributed by atoms with Crippen molar-refractivity contribution in [1.82, 2.24) is 10.2 Å². The summed E-state index contributed by atoms with van der Waals surface area (Å²) >= 11 is 23.3. The lowest BCUT2D eigenvalue weighted by molar-refractivity contribution is -0.157. The number of carbonyl (C=O) groups excluding carboxylic acids is 2. The fourth-order valence-corrected chi connectivity index (χ4v) is 3.85.